The van der Waals surface area contributed by atoms with Gasteiger partial charge in [-0.2, -0.15) is 0 Å². The number of hydrogen-bond acceptors (Lipinski definition) is 3. The van der Waals surface area contributed by atoms with E-state index in [-0.39, 0.29) is 6.04 Å². The Bertz CT molecular complexity index is 562. The summed E-state index contributed by atoms with van der Waals surface area (Å²) in [7, 11) is 0. The normalized spacial score (nSPS) is 39.8. The molecule has 0 aromatic heterocycles. The molecule has 1 aliphatic heterocycles. The molecule has 3 heteroatoms. The van der Waals surface area contributed by atoms with E-state index in [1.807, 2.05) is 6.07 Å². The molecule has 5 aliphatic rings. The van der Waals surface area contributed by atoms with Crippen LogP contribution in [0.25, 0.3) is 0 Å². The molecule has 2 N–H and O–H groups in total. The zero-order chi connectivity index (χ0) is 14.7. The third-order valence-electron chi connectivity index (χ3n) is 6.67. The highest BCUT2D eigenvalue weighted by Crippen LogP contribution is 2.63. The molecule has 6 rings (SSSR count). The lowest BCUT2D eigenvalue weighted by Crippen LogP contribution is -2.50. The summed E-state index contributed by atoms with van der Waals surface area (Å²) >= 11 is 0. The molecule has 0 saturated heterocycles. The van der Waals surface area contributed by atoms with E-state index in [4.69, 9.17) is 15.2 Å². The first kappa shape index (κ1) is 13.2. The Labute approximate surface area is 132 Å². The first-order chi connectivity index (χ1) is 10.7. The minimum atomic E-state index is 0.150. The molecule has 22 heavy (non-hydrogen) atoms. The second-order valence-electron chi connectivity index (χ2n) is 8.16. The van der Waals surface area contributed by atoms with Gasteiger partial charge in [-0.1, -0.05) is 6.07 Å². The molecule has 4 saturated carbocycles. The van der Waals surface area contributed by atoms with Crippen molar-refractivity contribution in [2.24, 2.45) is 28.9 Å². The monoisotopic (exact) mass is 299 g/mol. The highest BCUT2D eigenvalue weighted by Gasteiger charge is 2.53. The van der Waals surface area contributed by atoms with Gasteiger partial charge in [-0.15, -0.1) is 0 Å². The number of hydrogen-bond donors (Lipinski definition) is 1. The van der Waals surface area contributed by atoms with E-state index in [0.29, 0.717) is 18.6 Å². The van der Waals surface area contributed by atoms with Crippen LogP contribution < -0.4 is 15.2 Å². The summed E-state index contributed by atoms with van der Waals surface area (Å²) < 4.78 is 11.4. The molecule has 4 fully saturated rings. The Balaban J connectivity index is 1.48. The lowest BCUT2D eigenvalue weighted by Gasteiger charge is -2.59. The molecule has 4 aliphatic carbocycles. The summed E-state index contributed by atoms with van der Waals surface area (Å²) in [5, 5.41) is 0. The molecular weight excluding hydrogens is 274 g/mol. The molecule has 0 amide bonds. The zero-order valence-electron chi connectivity index (χ0n) is 13.1. The van der Waals surface area contributed by atoms with E-state index >= 15 is 0 Å². The number of rotatable bonds is 2. The van der Waals surface area contributed by atoms with Gasteiger partial charge < -0.3 is 15.2 Å². The molecule has 3 nitrogen and oxygen atoms in total. The maximum atomic E-state index is 6.83. The summed E-state index contributed by atoms with van der Waals surface area (Å²) in [6.07, 6.45) is 8.42. The Morgan fingerprint density at radius 1 is 0.909 bits per heavy atom. The average molecular weight is 299 g/mol. The third-order valence-corrected chi connectivity index (χ3v) is 6.67. The van der Waals surface area contributed by atoms with Gasteiger partial charge in [0.25, 0.3) is 0 Å². The van der Waals surface area contributed by atoms with Gasteiger partial charge in [-0.3, -0.25) is 0 Å². The maximum Gasteiger partial charge on any atom is 0.161 e. The van der Waals surface area contributed by atoms with Gasteiger partial charge in [-0.05, 0) is 79.4 Å². The van der Waals surface area contributed by atoms with Crippen LogP contribution >= 0.6 is 0 Å². The van der Waals surface area contributed by atoms with Crippen molar-refractivity contribution < 1.29 is 9.47 Å². The minimum absolute atomic E-state index is 0.150. The van der Waals surface area contributed by atoms with E-state index < -0.39 is 0 Å². The molecule has 0 radical (unpaired) electrons. The van der Waals surface area contributed by atoms with Crippen molar-refractivity contribution in [1.82, 2.24) is 0 Å². The van der Waals surface area contributed by atoms with Crippen LogP contribution in [0.2, 0.25) is 0 Å². The van der Waals surface area contributed by atoms with Crippen molar-refractivity contribution in [3.63, 3.8) is 0 Å². The highest BCUT2D eigenvalue weighted by atomic mass is 16.6. The third kappa shape index (κ3) is 1.91. The predicted octanol–water partition coefficient (Wildman–Crippen LogP) is 3.67. The van der Waals surface area contributed by atoms with E-state index in [1.54, 1.807) is 0 Å². The molecule has 1 unspecified atom stereocenters. The Kier molecular flexibility index (Phi) is 2.79. The van der Waals surface area contributed by atoms with Gasteiger partial charge in [0.15, 0.2) is 11.5 Å². The van der Waals surface area contributed by atoms with Crippen LogP contribution in [0.3, 0.4) is 0 Å². The summed E-state index contributed by atoms with van der Waals surface area (Å²) in [4.78, 5) is 0. The SMILES string of the molecule is NC(c1ccc2c(c1)OCCO2)C12CC3CC(CC(C3)C1)C2. The van der Waals surface area contributed by atoms with Crippen molar-refractivity contribution in [2.75, 3.05) is 13.2 Å². The molecule has 0 spiro atoms. The van der Waals surface area contributed by atoms with Crippen molar-refractivity contribution in [3.8, 4) is 11.5 Å². The van der Waals surface area contributed by atoms with Crippen molar-refractivity contribution in [2.45, 2.75) is 44.6 Å². The maximum absolute atomic E-state index is 6.83. The van der Waals surface area contributed by atoms with Crippen LogP contribution in [0, 0.1) is 23.2 Å². The predicted molar refractivity (Wildman–Crippen MR) is 85.0 cm³/mol. The molecule has 1 atom stereocenters. The molecule has 1 heterocycles. The fourth-order valence-electron chi connectivity index (χ4n) is 6.17. The van der Waals surface area contributed by atoms with Crippen LogP contribution in [0.15, 0.2) is 18.2 Å². The number of fused-ring (bicyclic) bond motifs is 1. The van der Waals surface area contributed by atoms with Crippen molar-refractivity contribution in [3.05, 3.63) is 23.8 Å². The molecule has 4 bridgehead atoms. The zero-order valence-corrected chi connectivity index (χ0v) is 13.1. The van der Waals surface area contributed by atoms with Crippen molar-refractivity contribution in [1.29, 1.82) is 0 Å². The summed E-state index contributed by atoms with van der Waals surface area (Å²) in [6, 6.07) is 6.50. The summed E-state index contributed by atoms with van der Waals surface area (Å²) in [6.45, 7) is 1.29. The number of benzene rings is 1. The molecule has 1 aromatic rings. The van der Waals surface area contributed by atoms with Gasteiger partial charge in [0, 0.05) is 6.04 Å². The first-order valence-corrected chi connectivity index (χ1v) is 8.87. The second kappa shape index (κ2) is 4.64. The lowest BCUT2D eigenvalue weighted by atomic mass is 9.47. The smallest absolute Gasteiger partial charge is 0.161 e. The summed E-state index contributed by atoms with van der Waals surface area (Å²) in [5.41, 5.74) is 8.42. The minimum Gasteiger partial charge on any atom is -0.486 e. The number of ether oxygens (including phenoxy) is 2. The highest BCUT2D eigenvalue weighted by molar-refractivity contribution is 5.45. The van der Waals surface area contributed by atoms with Crippen LogP contribution in [0.5, 0.6) is 11.5 Å². The molecule has 1 aromatic carbocycles. The van der Waals surface area contributed by atoms with Gasteiger partial charge in [0.1, 0.15) is 13.2 Å². The van der Waals surface area contributed by atoms with E-state index in [2.05, 4.69) is 12.1 Å². The topological polar surface area (TPSA) is 44.5 Å². The van der Waals surface area contributed by atoms with Crippen molar-refractivity contribution >= 4 is 0 Å². The standard InChI is InChI=1S/C19H25NO2/c20-18(15-1-2-16-17(8-15)22-4-3-21-16)19-9-12-5-13(10-19)7-14(6-12)11-19/h1-2,8,12-14,18H,3-7,9-11,20H2. The fraction of sp³-hybridized carbons (Fsp3) is 0.684. The Morgan fingerprint density at radius 3 is 2.14 bits per heavy atom. The van der Waals surface area contributed by atoms with Gasteiger partial charge in [-0.25, -0.2) is 0 Å². The van der Waals surface area contributed by atoms with Gasteiger partial charge in [0.05, 0.1) is 0 Å². The average Bonchev–Trinajstić information content (AvgIpc) is 2.52. The van der Waals surface area contributed by atoms with Gasteiger partial charge in [0.2, 0.25) is 0 Å². The molecular formula is C19H25NO2. The Hall–Kier alpha value is -1.22. The first-order valence-electron chi connectivity index (χ1n) is 8.87. The van der Waals surface area contributed by atoms with Crippen LogP contribution in [0.4, 0.5) is 0 Å². The second-order valence-corrected chi connectivity index (χ2v) is 8.16. The number of nitrogens with two attached hydrogens (primary N) is 1. The van der Waals surface area contributed by atoms with Crippen LogP contribution in [0.1, 0.15) is 50.1 Å². The fourth-order valence-corrected chi connectivity index (χ4v) is 6.17. The largest absolute Gasteiger partial charge is 0.486 e. The Morgan fingerprint density at radius 2 is 1.50 bits per heavy atom. The van der Waals surface area contributed by atoms with Gasteiger partial charge >= 0.3 is 0 Å². The van der Waals surface area contributed by atoms with Crippen LogP contribution in [-0.4, -0.2) is 13.2 Å². The lowest BCUT2D eigenvalue weighted by molar-refractivity contribution is -0.0678. The quantitative estimate of drug-likeness (QED) is 0.906. The van der Waals surface area contributed by atoms with E-state index in [9.17, 15) is 0 Å². The molecule has 118 valence electrons. The van der Waals surface area contributed by atoms with E-state index in [1.165, 1.54) is 44.1 Å². The van der Waals surface area contributed by atoms with Crippen LogP contribution in [-0.2, 0) is 0 Å². The summed E-state index contributed by atoms with van der Waals surface area (Å²) in [5.74, 6) is 4.56. The van der Waals surface area contributed by atoms with E-state index in [0.717, 1.165) is 29.3 Å².